The molecule has 6 rings (SSSR count). The lowest BCUT2D eigenvalue weighted by Crippen LogP contribution is -2.47. The average Bonchev–Trinajstić information content (AvgIpc) is 3.44. The highest BCUT2D eigenvalue weighted by Crippen LogP contribution is 2.36. The zero-order valence-corrected chi connectivity index (χ0v) is 29.4. The van der Waals surface area contributed by atoms with Crippen molar-refractivity contribution >= 4 is 34.5 Å². The van der Waals surface area contributed by atoms with Gasteiger partial charge in [0.2, 0.25) is 11.8 Å². The quantitative estimate of drug-likeness (QED) is 0.223. The molecule has 0 aromatic heterocycles. The molecule has 3 amide bonds. The zero-order chi connectivity index (χ0) is 33.8. The number of carbonyl (C=O) groups excluding carboxylic acids is 3. The van der Waals surface area contributed by atoms with Crippen LogP contribution < -0.4 is 15.0 Å². The van der Waals surface area contributed by atoms with Crippen LogP contribution in [0.4, 0.5) is 10.5 Å². The summed E-state index contributed by atoms with van der Waals surface area (Å²) in [6.07, 6.45) is 10.8. The summed E-state index contributed by atoms with van der Waals surface area (Å²) in [5.74, 6) is 0.916. The summed E-state index contributed by atoms with van der Waals surface area (Å²) >= 11 is 1.07. The number of imide groups is 1. The molecule has 2 saturated heterocycles. The lowest BCUT2D eigenvalue weighted by Gasteiger charge is -2.38. The Kier molecular flexibility index (Phi) is 13.1. The molecule has 256 valence electrons. The van der Waals surface area contributed by atoms with Crippen LogP contribution in [-0.2, 0) is 22.4 Å². The minimum Gasteiger partial charge on any atom is -0.493 e. The summed E-state index contributed by atoms with van der Waals surface area (Å²) in [7, 11) is 0. The second kappa shape index (κ2) is 17.7. The largest absolute Gasteiger partial charge is 0.493 e. The number of carbonyl (C=O) groups is 3. The molecule has 3 aliphatic rings. The minimum absolute atomic E-state index is 0.189. The second-order valence-electron chi connectivity index (χ2n) is 13.7. The lowest BCUT2D eigenvalue weighted by atomic mass is 9.76. The number of rotatable bonds is 11. The van der Waals surface area contributed by atoms with Crippen LogP contribution >= 0.6 is 11.8 Å². The van der Waals surface area contributed by atoms with Gasteiger partial charge in [0.1, 0.15) is 5.75 Å². The lowest BCUT2D eigenvalue weighted by molar-refractivity contribution is -0.119. The van der Waals surface area contributed by atoms with Gasteiger partial charge in [-0.1, -0.05) is 106 Å². The van der Waals surface area contributed by atoms with E-state index in [1.54, 1.807) is 0 Å². The molecule has 3 fully saturated rings. The predicted octanol–water partition coefficient (Wildman–Crippen LogP) is 8.07. The molecule has 1 unspecified atom stereocenters. The minimum atomic E-state index is -0.310. The summed E-state index contributed by atoms with van der Waals surface area (Å²) in [6.45, 7) is 8.27. The maximum Gasteiger partial charge on any atom is 0.286 e. The molecule has 2 aliphatic heterocycles. The first-order valence-electron chi connectivity index (χ1n) is 17.7. The fourth-order valence-electron chi connectivity index (χ4n) is 6.92. The molecule has 7 nitrogen and oxygen atoms in total. The topological polar surface area (TPSA) is 78.9 Å². The molecule has 48 heavy (non-hydrogen) atoms. The fraction of sp³-hybridized carbons (Fsp3) is 0.475. The standard InChI is InChI=1S/C22H28N2O.C18H23NO3S/c1-2-22(25)24(20-11-7-4-8-12-20)21-14-17-23(18-15-21)16-13-19-9-5-3-6-10-19;1-18(9-3-2-4-10-18)12-22-14-7-5-13(6-8-14)11-15-16(20)19-17(21)23-15/h3-12,21H,2,13-18H2,1H3;5-8,15H,2-4,9-12H2,1H3,(H,19,20,21). The van der Waals surface area contributed by atoms with Crippen LogP contribution in [0, 0.1) is 5.41 Å². The van der Waals surface area contributed by atoms with Crippen molar-refractivity contribution in [2.75, 3.05) is 31.1 Å². The van der Waals surface area contributed by atoms with E-state index in [0.29, 0.717) is 24.3 Å². The van der Waals surface area contributed by atoms with Gasteiger partial charge in [0, 0.05) is 43.2 Å². The highest BCUT2D eigenvalue weighted by atomic mass is 32.2. The Morgan fingerprint density at radius 2 is 1.54 bits per heavy atom. The van der Waals surface area contributed by atoms with Crippen molar-refractivity contribution in [2.45, 2.75) is 89.3 Å². The van der Waals surface area contributed by atoms with Crippen LogP contribution in [0.1, 0.15) is 76.3 Å². The van der Waals surface area contributed by atoms with E-state index in [2.05, 4.69) is 59.6 Å². The Morgan fingerprint density at radius 3 is 2.15 bits per heavy atom. The molecular weight excluding hydrogens is 619 g/mol. The molecule has 1 N–H and O–H groups in total. The summed E-state index contributed by atoms with van der Waals surface area (Å²) in [4.78, 5) is 39.9. The predicted molar refractivity (Wildman–Crippen MR) is 196 cm³/mol. The monoisotopic (exact) mass is 669 g/mol. The maximum atomic E-state index is 12.5. The first-order chi connectivity index (χ1) is 23.3. The van der Waals surface area contributed by atoms with Crippen molar-refractivity contribution in [3.05, 3.63) is 96.1 Å². The Balaban J connectivity index is 0.000000188. The van der Waals surface area contributed by atoms with Crippen LogP contribution in [0.3, 0.4) is 0 Å². The molecule has 8 heteroatoms. The second-order valence-corrected chi connectivity index (χ2v) is 14.8. The number of ether oxygens (including phenoxy) is 1. The van der Waals surface area contributed by atoms with Crippen molar-refractivity contribution in [1.29, 1.82) is 0 Å². The van der Waals surface area contributed by atoms with Gasteiger partial charge < -0.3 is 14.5 Å². The van der Waals surface area contributed by atoms with Gasteiger partial charge in [0.05, 0.1) is 11.9 Å². The summed E-state index contributed by atoms with van der Waals surface area (Å²) < 4.78 is 5.97. The number of piperidine rings is 1. The normalized spacial score (nSPS) is 19.6. The molecular formula is C40H51N3O4S. The number of nitrogens with zero attached hydrogens (tertiary/aromatic N) is 2. The number of para-hydroxylation sites is 1. The maximum absolute atomic E-state index is 12.5. The van der Waals surface area contributed by atoms with Crippen LogP contribution in [-0.4, -0.2) is 59.5 Å². The van der Waals surface area contributed by atoms with Gasteiger partial charge in [0.15, 0.2) is 0 Å². The van der Waals surface area contributed by atoms with E-state index in [4.69, 9.17) is 4.74 Å². The number of amides is 3. The van der Waals surface area contributed by atoms with E-state index in [1.165, 1.54) is 37.7 Å². The average molecular weight is 670 g/mol. The van der Waals surface area contributed by atoms with E-state index in [-0.39, 0.29) is 22.3 Å². The first-order valence-corrected chi connectivity index (χ1v) is 18.6. The van der Waals surface area contributed by atoms with E-state index < -0.39 is 0 Å². The molecule has 1 saturated carbocycles. The van der Waals surface area contributed by atoms with Gasteiger partial charge in [-0.05, 0) is 73.9 Å². The van der Waals surface area contributed by atoms with Crippen LogP contribution in [0.5, 0.6) is 5.75 Å². The molecule has 1 aliphatic carbocycles. The van der Waals surface area contributed by atoms with Gasteiger partial charge in [-0.15, -0.1) is 0 Å². The molecule has 1 atom stereocenters. The summed E-state index contributed by atoms with van der Waals surface area (Å²) in [5.41, 5.74) is 3.79. The van der Waals surface area contributed by atoms with E-state index in [9.17, 15) is 14.4 Å². The van der Waals surface area contributed by atoms with Crippen molar-refractivity contribution in [3.63, 3.8) is 0 Å². The van der Waals surface area contributed by atoms with Gasteiger partial charge in [-0.25, -0.2) is 0 Å². The van der Waals surface area contributed by atoms with Crippen molar-refractivity contribution in [1.82, 2.24) is 10.2 Å². The Bertz CT molecular complexity index is 1450. The molecule has 3 aromatic carbocycles. The summed E-state index contributed by atoms with van der Waals surface area (Å²) in [5, 5.41) is 1.76. The number of anilines is 1. The number of thioether (sulfide) groups is 1. The van der Waals surface area contributed by atoms with Gasteiger partial charge >= 0.3 is 0 Å². The molecule has 0 radical (unpaired) electrons. The Labute approximate surface area is 290 Å². The smallest absolute Gasteiger partial charge is 0.286 e. The van der Waals surface area contributed by atoms with Gasteiger partial charge in [-0.3, -0.25) is 19.7 Å². The SMILES string of the molecule is CC1(COc2ccc(CC3SC(=O)NC3=O)cc2)CCCCC1.CCC(=O)N(c1ccccc1)C1CCN(CCc2ccccc2)CC1. The zero-order valence-electron chi connectivity index (χ0n) is 28.6. The number of hydrogen-bond acceptors (Lipinski definition) is 6. The fourth-order valence-corrected chi connectivity index (χ4v) is 7.78. The van der Waals surface area contributed by atoms with Crippen molar-refractivity contribution in [3.8, 4) is 5.75 Å². The third-order valence-electron chi connectivity index (χ3n) is 9.85. The number of hydrogen-bond donors (Lipinski definition) is 1. The molecule has 3 aromatic rings. The highest BCUT2D eigenvalue weighted by Gasteiger charge is 2.32. The third kappa shape index (κ3) is 10.4. The Morgan fingerprint density at radius 1 is 0.896 bits per heavy atom. The van der Waals surface area contributed by atoms with Gasteiger partial charge in [0.25, 0.3) is 5.24 Å². The van der Waals surface area contributed by atoms with Crippen molar-refractivity contribution < 1.29 is 19.1 Å². The van der Waals surface area contributed by atoms with Crippen LogP contribution in [0.25, 0.3) is 0 Å². The van der Waals surface area contributed by atoms with E-state index in [1.807, 2.05) is 54.3 Å². The third-order valence-corrected chi connectivity index (χ3v) is 10.8. The molecule has 2 heterocycles. The number of likely N-dealkylation sites (tertiary alicyclic amines) is 1. The summed E-state index contributed by atoms with van der Waals surface area (Å²) in [6, 6.07) is 29.0. The number of nitrogens with one attached hydrogen (secondary N) is 1. The molecule has 0 bridgehead atoms. The van der Waals surface area contributed by atoms with E-state index >= 15 is 0 Å². The van der Waals surface area contributed by atoms with E-state index in [0.717, 1.165) is 74.3 Å². The Hall–Kier alpha value is -3.62. The first kappa shape index (κ1) is 35.7. The van der Waals surface area contributed by atoms with Crippen LogP contribution in [0.2, 0.25) is 0 Å². The van der Waals surface area contributed by atoms with Gasteiger partial charge in [-0.2, -0.15) is 0 Å². The van der Waals surface area contributed by atoms with Crippen LogP contribution in [0.15, 0.2) is 84.9 Å². The van der Waals surface area contributed by atoms with Crippen molar-refractivity contribution in [2.24, 2.45) is 5.41 Å². The molecule has 0 spiro atoms. The number of benzene rings is 3. The highest BCUT2D eigenvalue weighted by molar-refractivity contribution is 8.15.